The van der Waals surface area contributed by atoms with Crippen molar-refractivity contribution < 1.29 is 23.5 Å². The molecule has 0 aromatic heterocycles. The Morgan fingerprint density at radius 3 is 2.37 bits per heavy atom. The molecule has 7 heteroatoms. The number of nitrogens with one attached hydrogen (secondary N) is 2. The lowest BCUT2D eigenvalue weighted by molar-refractivity contribution is -0.146. The standard InChI is InChI=1S/C12H20F2N2O3/c1-2-8-3-5-12(6-4-8,10(17)18)16-11(19)15-7-9(13)14/h8-9H,2-7H2,1H3,(H,17,18)(H2,15,16,19). The van der Waals surface area contributed by atoms with Gasteiger partial charge in [-0.2, -0.15) is 0 Å². The van der Waals surface area contributed by atoms with Gasteiger partial charge in [-0.05, 0) is 31.6 Å². The normalized spacial score (nSPS) is 27.1. The fourth-order valence-corrected chi connectivity index (χ4v) is 2.40. The SMILES string of the molecule is CCC1CCC(NC(=O)NCC(F)F)(C(=O)O)CC1. The van der Waals surface area contributed by atoms with Crippen molar-refractivity contribution in [2.75, 3.05) is 6.54 Å². The van der Waals surface area contributed by atoms with Crippen LogP contribution < -0.4 is 10.6 Å². The van der Waals surface area contributed by atoms with E-state index >= 15 is 0 Å². The summed E-state index contributed by atoms with van der Waals surface area (Å²) in [6, 6.07) is -0.849. The van der Waals surface area contributed by atoms with Gasteiger partial charge in [0.15, 0.2) is 0 Å². The number of hydrogen-bond acceptors (Lipinski definition) is 2. The first-order chi connectivity index (χ1) is 8.89. The smallest absolute Gasteiger partial charge is 0.329 e. The average molecular weight is 278 g/mol. The predicted molar refractivity (Wildman–Crippen MR) is 65.2 cm³/mol. The number of carboxylic acid groups (broad SMARTS) is 1. The van der Waals surface area contributed by atoms with Gasteiger partial charge in [-0.3, -0.25) is 0 Å². The Bertz CT molecular complexity index is 329. The minimum atomic E-state index is -2.65. The molecular weight excluding hydrogens is 258 g/mol. The molecule has 0 radical (unpaired) electrons. The number of amides is 2. The van der Waals surface area contributed by atoms with E-state index in [2.05, 4.69) is 5.32 Å². The second-order valence-corrected chi connectivity index (χ2v) is 4.96. The second kappa shape index (κ2) is 6.68. The summed E-state index contributed by atoms with van der Waals surface area (Å²) in [4.78, 5) is 22.8. The molecule has 0 atom stereocenters. The van der Waals surface area contributed by atoms with Gasteiger partial charge < -0.3 is 15.7 Å². The van der Waals surface area contributed by atoms with Crippen LogP contribution in [0.1, 0.15) is 39.0 Å². The quantitative estimate of drug-likeness (QED) is 0.719. The molecule has 0 spiro atoms. The maximum absolute atomic E-state index is 12.0. The van der Waals surface area contributed by atoms with Crippen LogP contribution in [0.3, 0.4) is 0 Å². The van der Waals surface area contributed by atoms with Gasteiger partial charge in [-0.1, -0.05) is 13.3 Å². The minimum absolute atomic E-state index is 0.336. The summed E-state index contributed by atoms with van der Waals surface area (Å²) in [6.07, 6.45) is 0.442. The molecule has 110 valence electrons. The Morgan fingerprint density at radius 2 is 1.95 bits per heavy atom. The topological polar surface area (TPSA) is 78.4 Å². The Morgan fingerprint density at radius 1 is 1.37 bits per heavy atom. The maximum atomic E-state index is 12.0. The van der Waals surface area contributed by atoms with Crippen LogP contribution in [-0.4, -0.2) is 35.6 Å². The molecule has 0 heterocycles. The van der Waals surface area contributed by atoms with Crippen molar-refractivity contribution in [1.82, 2.24) is 10.6 Å². The van der Waals surface area contributed by atoms with Crippen molar-refractivity contribution in [2.24, 2.45) is 5.92 Å². The van der Waals surface area contributed by atoms with Crippen LogP contribution in [-0.2, 0) is 4.79 Å². The monoisotopic (exact) mass is 278 g/mol. The molecule has 5 nitrogen and oxygen atoms in total. The molecule has 2 amide bonds. The van der Waals surface area contributed by atoms with Crippen LogP contribution in [0.2, 0.25) is 0 Å². The lowest BCUT2D eigenvalue weighted by atomic mass is 9.75. The number of rotatable bonds is 5. The summed E-state index contributed by atoms with van der Waals surface area (Å²) in [5.74, 6) is -0.632. The number of carboxylic acids is 1. The van der Waals surface area contributed by atoms with E-state index in [0.717, 1.165) is 19.3 Å². The van der Waals surface area contributed by atoms with E-state index < -0.39 is 30.5 Å². The zero-order chi connectivity index (χ0) is 14.5. The van der Waals surface area contributed by atoms with E-state index in [1.54, 1.807) is 0 Å². The van der Waals surface area contributed by atoms with E-state index in [4.69, 9.17) is 0 Å². The summed E-state index contributed by atoms with van der Waals surface area (Å²) in [7, 11) is 0. The first-order valence-corrected chi connectivity index (χ1v) is 6.47. The number of urea groups is 1. The van der Waals surface area contributed by atoms with Crippen molar-refractivity contribution in [1.29, 1.82) is 0 Å². The lowest BCUT2D eigenvalue weighted by Crippen LogP contribution is -2.59. The molecule has 0 aliphatic heterocycles. The minimum Gasteiger partial charge on any atom is -0.480 e. The summed E-state index contributed by atoms with van der Waals surface area (Å²) < 4.78 is 23.9. The number of alkyl halides is 2. The van der Waals surface area contributed by atoms with E-state index in [1.807, 2.05) is 12.2 Å². The van der Waals surface area contributed by atoms with Gasteiger partial charge in [-0.15, -0.1) is 0 Å². The molecule has 0 bridgehead atoms. The molecule has 3 N–H and O–H groups in total. The van der Waals surface area contributed by atoms with Gasteiger partial charge in [0.05, 0.1) is 6.54 Å². The average Bonchev–Trinajstić information content (AvgIpc) is 2.37. The fraction of sp³-hybridized carbons (Fsp3) is 0.833. The molecule has 0 aromatic carbocycles. The fourth-order valence-electron chi connectivity index (χ4n) is 2.40. The van der Waals surface area contributed by atoms with E-state index in [0.29, 0.717) is 18.8 Å². The van der Waals surface area contributed by atoms with Gasteiger partial charge in [0, 0.05) is 0 Å². The van der Waals surface area contributed by atoms with Crippen molar-refractivity contribution in [3.05, 3.63) is 0 Å². The number of carbonyl (C=O) groups is 2. The molecule has 1 rings (SSSR count). The number of halogens is 2. The maximum Gasteiger partial charge on any atom is 0.329 e. The zero-order valence-electron chi connectivity index (χ0n) is 10.9. The predicted octanol–water partition coefficient (Wildman–Crippen LogP) is 1.97. The third kappa shape index (κ3) is 4.33. The van der Waals surface area contributed by atoms with Gasteiger partial charge in [-0.25, -0.2) is 18.4 Å². The third-order valence-corrected chi connectivity index (χ3v) is 3.72. The first kappa shape index (κ1) is 15.7. The van der Waals surface area contributed by atoms with Gasteiger partial charge in [0.1, 0.15) is 5.54 Å². The van der Waals surface area contributed by atoms with Gasteiger partial charge in [0.2, 0.25) is 0 Å². The zero-order valence-corrected chi connectivity index (χ0v) is 10.9. The molecule has 0 aromatic rings. The third-order valence-electron chi connectivity index (χ3n) is 3.72. The van der Waals surface area contributed by atoms with Crippen molar-refractivity contribution in [3.63, 3.8) is 0 Å². The molecule has 1 aliphatic carbocycles. The van der Waals surface area contributed by atoms with E-state index in [-0.39, 0.29) is 0 Å². The molecule has 1 aliphatic rings. The van der Waals surface area contributed by atoms with Gasteiger partial charge in [0.25, 0.3) is 6.43 Å². The highest BCUT2D eigenvalue weighted by Gasteiger charge is 2.42. The Hall–Kier alpha value is -1.40. The molecule has 1 fully saturated rings. The highest BCUT2D eigenvalue weighted by Crippen LogP contribution is 2.33. The van der Waals surface area contributed by atoms with Crippen LogP contribution in [0.5, 0.6) is 0 Å². The first-order valence-electron chi connectivity index (χ1n) is 6.47. The van der Waals surface area contributed by atoms with Crippen LogP contribution in [0.25, 0.3) is 0 Å². The van der Waals surface area contributed by atoms with Crippen LogP contribution in [0, 0.1) is 5.92 Å². The largest absolute Gasteiger partial charge is 0.480 e. The van der Waals surface area contributed by atoms with Gasteiger partial charge >= 0.3 is 12.0 Å². The van der Waals surface area contributed by atoms with Crippen molar-refractivity contribution in [2.45, 2.75) is 51.0 Å². The van der Waals surface area contributed by atoms with E-state index in [1.165, 1.54) is 0 Å². The summed E-state index contributed by atoms with van der Waals surface area (Å²) >= 11 is 0. The second-order valence-electron chi connectivity index (χ2n) is 4.96. The summed E-state index contributed by atoms with van der Waals surface area (Å²) in [5.41, 5.74) is -1.32. The lowest BCUT2D eigenvalue weighted by Gasteiger charge is -2.37. The summed E-state index contributed by atoms with van der Waals surface area (Å²) in [6.45, 7) is 1.26. The molecule has 1 saturated carbocycles. The van der Waals surface area contributed by atoms with E-state index in [9.17, 15) is 23.5 Å². The van der Waals surface area contributed by atoms with Crippen LogP contribution >= 0.6 is 0 Å². The number of aliphatic carboxylic acids is 1. The Kier molecular flexibility index (Phi) is 5.50. The Balaban J connectivity index is 2.58. The molecule has 0 unspecified atom stereocenters. The van der Waals surface area contributed by atoms with Crippen molar-refractivity contribution in [3.8, 4) is 0 Å². The Labute approximate surface area is 110 Å². The number of hydrogen-bond donors (Lipinski definition) is 3. The molecule has 0 saturated heterocycles. The summed E-state index contributed by atoms with van der Waals surface area (Å²) in [5, 5.41) is 13.6. The van der Waals surface area contributed by atoms with Crippen molar-refractivity contribution >= 4 is 12.0 Å². The molecule has 19 heavy (non-hydrogen) atoms. The highest BCUT2D eigenvalue weighted by molar-refractivity contribution is 5.86. The highest BCUT2D eigenvalue weighted by atomic mass is 19.3. The number of carbonyl (C=O) groups excluding carboxylic acids is 1. The van der Waals surface area contributed by atoms with Crippen LogP contribution in [0.15, 0.2) is 0 Å². The van der Waals surface area contributed by atoms with Crippen LogP contribution in [0.4, 0.5) is 13.6 Å². The molecular formula is C12H20F2N2O3.